The van der Waals surface area contributed by atoms with Crippen LogP contribution in [0.1, 0.15) is 23.8 Å². The highest BCUT2D eigenvalue weighted by atomic mass is 16.4. The Morgan fingerprint density at radius 2 is 2.26 bits per heavy atom. The van der Waals surface area contributed by atoms with Crippen molar-refractivity contribution in [2.45, 2.75) is 13.3 Å². The van der Waals surface area contributed by atoms with Gasteiger partial charge in [0.1, 0.15) is 5.82 Å². The third-order valence-corrected chi connectivity index (χ3v) is 3.11. The molecule has 1 amide bonds. The molecule has 1 saturated heterocycles. The lowest BCUT2D eigenvalue weighted by Crippen LogP contribution is -2.29. The van der Waals surface area contributed by atoms with Crippen LogP contribution in [0.4, 0.5) is 5.82 Å². The minimum Gasteiger partial charge on any atom is -0.476 e. The minimum absolute atomic E-state index is 0.0240. The van der Waals surface area contributed by atoms with E-state index in [1.54, 1.807) is 0 Å². The number of carboxylic acids is 1. The van der Waals surface area contributed by atoms with Crippen molar-refractivity contribution < 1.29 is 14.7 Å². The van der Waals surface area contributed by atoms with Gasteiger partial charge in [-0.1, -0.05) is 0 Å². The smallest absolute Gasteiger partial charge is 0.356 e. The van der Waals surface area contributed by atoms with Crippen molar-refractivity contribution in [3.8, 4) is 0 Å². The van der Waals surface area contributed by atoms with E-state index in [0.29, 0.717) is 18.3 Å². The number of carbonyl (C=O) groups excluding carboxylic acids is 1. The number of nitrogens with one attached hydrogen (secondary N) is 1. The lowest BCUT2D eigenvalue weighted by molar-refractivity contribution is -0.119. The van der Waals surface area contributed by atoms with Gasteiger partial charge in [0.05, 0.1) is 12.4 Å². The van der Waals surface area contributed by atoms with E-state index in [4.69, 9.17) is 5.11 Å². The molecule has 19 heavy (non-hydrogen) atoms. The first-order valence-electron chi connectivity index (χ1n) is 6.11. The van der Waals surface area contributed by atoms with Crippen molar-refractivity contribution in [2.24, 2.45) is 5.92 Å². The van der Waals surface area contributed by atoms with Crippen LogP contribution in [0, 0.1) is 5.92 Å². The summed E-state index contributed by atoms with van der Waals surface area (Å²) in [6.45, 7) is 3.79. The number of aromatic nitrogens is 2. The number of carbonyl (C=O) groups is 2. The van der Waals surface area contributed by atoms with Gasteiger partial charge in [0.15, 0.2) is 5.69 Å². The van der Waals surface area contributed by atoms with Crippen molar-refractivity contribution in [3.05, 3.63) is 18.1 Å². The Bertz CT molecular complexity index is 474. The van der Waals surface area contributed by atoms with E-state index in [9.17, 15) is 9.59 Å². The van der Waals surface area contributed by atoms with Crippen LogP contribution < -0.4 is 10.2 Å². The molecular formula is C12H16N4O3. The normalized spacial score (nSPS) is 18.4. The molecule has 0 spiro atoms. The summed E-state index contributed by atoms with van der Waals surface area (Å²) >= 11 is 0. The van der Waals surface area contributed by atoms with Crippen LogP contribution in [0.25, 0.3) is 0 Å². The maximum atomic E-state index is 10.9. The summed E-state index contributed by atoms with van der Waals surface area (Å²) in [5, 5.41) is 11.6. The number of nitrogens with zero attached hydrogens (tertiary/aromatic N) is 3. The zero-order valence-electron chi connectivity index (χ0n) is 10.7. The van der Waals surface area contributed by atoms with Gasteiger partial charge in [-0.15, -0.1) is 0 Å². The van der Waals surface area contributed by atoms with E-state index < -0.39 is 5.97 Å². The Hall–Kier alpha value is -2.18. The first-order chi connectivity index (χ1) is 9.06. The fourth-order valence-electron chi connectivity index (χ4n) is 2.09. The SMILES string of the molecule is CC(=O)NCC1CCN(c2cnc(C(=O)O)cn2)C1. The minimum atomic E-state index is -1.08. The van der Waals surface area contributed by atoms with Gasteiger partial charge in [0, 0.05) is 26.6 Å². The lowest BCUT2D eigenvalue weighted by atomic mass is 10.1. The highest BCUT2D eigenvalue weighted by molar-refractivity contribution is 5.84. The molecule has 1 aromatic rings. The number of carboxylic acid groups (broad SMARTS) is 1. The molecule has 7 heteroatoms. The van der Waals surface area contributed by atoms with Gasteiger partial charge in [-0.05, 0) is 12.3 Å². The Labute approximate surface area is 110 Å². The fraction of sp³-hybridized carbons (Fsp3) is 0.500. The number of amides is 1. The molecule has 1 unspecified atom stereocenters. The number of aromatic carboxylic acids is 1. The van der Waals surface area contributed by atoms with Gasteiger partial charge >= 0.3 is 5.97 Å². The molecule has 2 rings (SSSR count). The van der Waals surface area contributed by atoms with Gasteiger partial charge in [-0.25, -0.2) is 14.8 Å². The average Bonchev–Trinajstić information content (AvgIpc) is 2.85. The Morgan fingerprint density at radius 1 is 1.47 bits per heavy atom. The summed E-state index contributed by atoms with van der Waals surface area (Å²) in [5.74, 6) is -0.0340. The molecule has 102 valence electrons. The third-order valence-electron chi connectivity index (χ3n) is 3.11. The van der Waals surface area contributed by atoms with Crippen LogP contribution in [-0.2, 0) is 4.79 Å². The number of hydrogen-bond acceptors (Lipinski definition) is 5. The summed E-state index contributed by atoms with van der Waals surface area (Å²) in [4.78, 5) is 31.5. The maximum Gasteiger partial charge on any atom is 0.356 e. The Morgan fingerprint density at radius 3 is 2.84 bits per heavy atom. The average molecular weight is 264 g/mol. The van der Waals surface area contributed by atoms with Crippen molar-refractivity contribution in [3.63, 3.8) is 0 Å². The first-order valence-corrected chi connectivity index (χ1v) is 6.11. The standard InChI is InChI=1S/C12H16N4O3/c1-8(17)13-4-9-2-3-16(7-9)11-6-14-10(5-15-11)12(18)19/h5-6,9H,2-4,7H2,1H3,(H,13,17)(H,18,19). The molecule has 1 aliphatic rings. The molecule has 1 aromatic heterocycles. The van der Waals surface area contributed by atoms with E-state index in [2.05, 4.69) is 15.3 Å². The van der Waals surface area contributed by atoms with Gasteiger partial charge in [-0.3, -0.25) is 4.79 Å². The second-order valence-electron chi connectivity index (χ2n) is 4.60. The van der Waals surface area contributed by atoms with Gasteiger partial charge in [-0.2, -0.15) is 0 Å². The van der Waals surface area contributed by atoms with Gasteiger partial charge in [0.25, 0.3) is 0 Å². The summed E-state index contributed by atoms with van der Waals surface area (Å²) < 4.78 is 0. The van der Waals surface area contributed by atoms with E-state index >= 15 is 0 Å². The summed E-state index contributed by atoms with van der Waals surface area (Å²) in [7, 11) is 0. The predicted octanol–water partition coefficient (Wildman–Crippen LogP) is 0.137. The van der Waals surface area contributed by atoms with Crippen LogP contribution in [-0.4, -0.2) is 46.6 Å². The lowest BCUT2D eigenvalue weighted by Gasteiger charge is -2.17. The van der Waals surface area contributed by atoms with Gasteiger partial charge in [0.2, 0.25) is 5.91 Å². The molecule has 1 aliphatic heterocycles. The molecule has 0 radical (unpaired) electrons. The fourth-order valence-corrected chi connectivity index (χ4v) is 2.09. The number of rotatable bonds is 4. The quantitative estimate of drug-likeness (QED) is 0.803. The molecule has 2 N–H and O–H groups in total. The Kier molecular flexibility index (Phi) is 3.94. The molecule has 0 aliphatic carbocycles. The van der Waals surface area contributed by atoms with Crippen molar-refractivity contribution in [1.29, 1.82) is 0 Å². The van der Waals surface area contributed by atoms with Crippen molar-refractivity contribution in [2.75, 3.05) is 24.5 Å². The molecule has 7 nitrogen and oxygen atoms in total. The second-order valence-corrected chi connectivity index (χ2v) is 4.60. The highest BCUT2D eigenvalue weighted by Crippen LogP contribution is 2.20. The monoisotopic (exact) mass is 264 g/mol. The van der Waals surface area contributed by atoms with Crippen molar-refractivity contribution >= 4 is 17.7 Å². The summed E-state index contributed by atoms with van der Waals surface area (Å²) in [5.41, 5.74) is -0.0576. The molecule has 0 saturated carbocycles. The second kappa shape index (κ2) is 5.64. The maximum absolute atomic E-state index is 10.9. The summed E-state index contributed by atoms with van der Waals surface area (Å²) in [6.07, 6.45) is 3.71. The molecule has 0 bridgehead atoms. The third kappa shape index (κ3) is 3.40. The zero-order chi connectivity index (χ0) is 13.8. The first kappa shape index (κ1) is 13.3. The molecular weight excluding hydrogens is 248 g/mol. The Balaban J connectivity index is 1.93. The van der Waals surface area contributed by atoms with E-state index in [1.807, 2.05) is 4.90 Å². The zero-order valence-corrected chi connectivity index (χ0v) is 10.7. The van der Waals surface area contributed by atoms with Crippen molar-refractivity contribution in [1.82, 2.24) is 15.3 Å². The van der Waals surface area contributed by atoms with Crippen LogP contribution in [0.3, 0.4) is 0 Å². The number of hydrogen-bond donors (Lipinski definition) is 2. The van der Waals surface area contributed by atoms with E-state index in [1.165, 1.54) is 19.3 Å². The molecule has 0 aromatic carbocycles. The van der Waals surface area contributed by atoms with Gasteiger partial charge < -0.3 is 15.3 Å². The van der Waals surface area contributed by atoms with E-state index in [0.717, 1.165) is 19.5 Å². The van der Waals surface area contributed by atoms with Crippen LogP contribution in [0.5, 0.6) is 0 Å². The predicted molar refractivity (Wildman–Crippen MR) is 68.0 cm³/mol. The molecule has 1 fully saturated rings. The summed E-state index contributed by atoms with van der Waals surface area (Å²) in [6, 6.07) is 0. The number of anilines is 1. The molecule has 1 atom stereocenters. The largest absolute Gasteiger partial charge is 0.476 e. The van der Waals surface area contributed by atoms with Crippen LogP contribution in [0.2, 0.25) is 0 Å². The van der Waals surface area contributed by atoms with E-state index in [-0.39, 0.29) is 11.6 Å². The highest BCUT2D eigenvalue weighted by Gasteiger charge is 2.23. The topological polar surface area (TPSA) is 95.4 Å². The van der Waals surface area contributed by atoms with Crippen LogP contribution >= 0.6 is 0 Å². The molecule has 2 heterocycles. The van der Waals surface area contributed by atoms with Crippen LogP contribution in [0.15, 0.2) is 12.4 Å².